The highest BCUT2D eigenvalue weighted by atomic mass is 16.6. The molecule has 0 spiro atoms. The van der Waals surface area contributed by atoms with Crippen molar-refractivity contribution in [2.45, 2.75) is 52.2 Å². The van der Waals surface area contributed by atoms with Gasteiger partial charge in [-0.2, -0.15) is 0 Å². The lowest BCUT2D eigenvalue weighted by molar-refractivity contribution is -0.145. The lowest BCUT2D eigenvalue weighted by Gasteiger charge is -2.52. The molecule has 4 rings (SSSR count). The highest BCUT2D eigenvalue weighted by Gasteiger charge is 2.59. The van der Waals surface area contributed by atoms with Gasteiger partial charge in [0.25, 0.3) is 0 Å². The molecular formula is C21H32N2O4. The summed E-state index contributed by atoms with van der Waals surface area (Å²) in [6.45, 7) is 9.58. The SMILES string of the molecule is CC(=O)N1CCN(C[C@H]2C(=O)O[C@@H]3CC4=CCC[C@@H](C)[C@@]4(C)[C@@H](O)[C@@H]32)CC1. The van der Waals surface area contributed by atoms with Crippen LogP contribution >= 0.6 is 0 Å². The number of carbonyl (C=O) groups excluding carboxylic acids is 2. The molecule has 0 unspecified atom stereocenters. The second-order valence-electron chi connectivity index (χ2n) is 9.11. The molecule has 150 valence electrons. The predicted molar refractivity (Wildman–Crippen MR) is 101 cm³/mol. The van der Waals surface area contributed by atoms with E-state index in [2.05, 4.69) is 24.8 Å². The molecule has 1 amide bonds. The molecule has 1 saturated carbocycles. The number of piperazine rings is 1. The molecule has 2 aliphatic carbocycles. The van der Waals surface area contributed by atoms with E-state index in [1.807, 2.05) is 4.90 Å². The Morgan fingerprint density at radius 1 is 1.33 bits per heavy atom. The quantitative estimate of drug-likeness (QED) is 0.583. The third kappa shape index (κ3) is 3.01. The standard InChI is InChI=1S/C21H32N2O4/c1-13-5-4-6-15-11-17-18(19(25)21(13,15)3)16(20(26)27-17)12-22-7-9-23(10-8-22)14(2)24/h6,13,16-19,25H,4-5,7-12H2,1-3H3/t13-,16-,17-,18-,19+,21-/m1/s1. The molecule has 0 aromatic rings. The van der Waals surface area contributed by atoms with Crippen molar-refractivity contribution in [2.75, 3.05) is 32.7 Å². The van der Waals surface area contributed by atoms with Gasteiger partial charge >= 0.3 is 5.97 Å². The van der Waals surface area contributed by atoms with Gasteiger partial charge in [0.2, 0.25) is 5.91 Å². The van der Waals surface area contributed by atoms with E-state index in [0.717, 1.165) is 32.4 Å². The Morgan fingerprint density at radius 3 is 2.70 bits per heavy atom. The molecule has 0 aromatic carbocycles. The van der Waals surface area contributed by atoms with Gasteiger partial charge in [0.15, 0.2) is 0 Å². The van der Waals surface area contributed by atoms with Crippen molar-refractivity contribution in [1.82, 2.24) is 9.80 Å². The Hall–Kier alpha value is -1.40. The number of carbonyl (C=O) groups is 2. The number of esters is 1. The summed E-state index contributed by atoms with van der Waals surface area (Å²) in [7, 11) is 0. The third-order valence-electron chi connectivity index (χ3n) is 7.84. The molecule has 0 bridgehead atoms. The summed E-state index contributed by atoms with van der Waals surface area (Å²) < 4.78 is 5.75. The Kier molecular flexibility index (Phi) is 4.83. The zero-order valence-corrected chi connectivity index (χ0v) is 16.7. The first kappa shape index (κ1) is 18.9. The summed E-state index contributed by atoms with van der Waals surface area (Å²) in [6, 6.07) is 0. The second kappa shape index (κ2) is 6.89. The maximum absolute atomic E-state index is 12.7. The van der Waals surface area contributed by atoms with Crippen LogP contribution in [0.15, 0.2) is 11.6 Å². The van der Waals surface area contributed by atoms with Crippen LogP contribution in [0.1, 0.15) is 40.0 Å². The average molecular weight is 376 g/mol. The van der Waals surface area contributed by atoms with Gasteiger partial charge in [-0.15, -0.1) is 0 Å². The van der Waals surface area contributed by atoms with E-state index < -0.39 is 6.10 Å². The van der Waals surface area contributed by atoms with Gasteiger partial charge in [0, 0.05) is 57.4 Å². The number of allylic oxidation sites excluding steroid dienone is 1. The van der Waals surface area contributed by atoms with Crippen LogP contribution in [0.3, 0.4) is 0 Å². The molecule has 0 aromatic heterocycles. The fraction of sp³-hybridized carbons (Fsp3) is 0.810. The number of rotatable bonds is 2. The smallest absolute Gasteiger partial charge is 0.311 e. The van der Waals surface area contributed by atoms with Crippen molar-refractivity contribution in [3.63, 3.8) is 0 Å². The van der Waals surface area contributed by atoms with Crippen molar-refractivity contribution in [2.24, 2.45) is 23.2 Å². The van der Waals surface area contributed by atoms with Crippen LogP contribution in [0.25, 0.3) is 0 Å². The minimum atomic E-state index is -0.548. The number of fused-ring (bicyclic) bond motifs is 2. The van der Waals surface area contributed by atoms with Gasteiger partial charge in [0.1, 0.15) is 6.10 Å². The first-order valence-corrected chi connectivity index (χ1v) is 10.4. The first-order valence-electron chi connectivity index (χ1n) is 10.4. The number of aliphatic hydroxyl groups is 1. The minimum Gasteiger partial charge on any atom is -0.461 e. The Bertz CT molecular complexity index is 655. The number of hydrogen-bond donors (Lipinski definition) is 1. The van der Waals surface area contributed by atoms with E-state index >= 15 is 0 Å². The second-order valence-corrected chi connectivity index (χ2v) is 9.11. The minimum absolute atomic E-state index is 0.108. The van der Waals surface area contributed by atoms with Crippen LogP contribution in [0.5, 0.6) is 0 Å². The van der Waals surface area contributed by atoms with E-state index in [1.165, 1.54) is 5.57 Å². The monoisotopic (exact) mass is 376 g/mol. The molecule has 6 heteroatoms. The molecule has 0 radical (unpaired) electrons. The summed E-state index contributed by atoms with van der Waals surface area (Å²) in [5.74, 6) is -0.0545. The fourth-order valence-electron chi connectivity index (χ4n) is 5.80. The number of hydrogen-bond acceptors (Lipinski definition) is 5. The maximum Gasteiger partial charge on any atom is 0.311 e. The zero-order valence-electron chi connectivity index (χ0n) is 16.7. The summed E-state index contributed by atoms with van der Waals surface area (Å²) in [5.41, 5.74) is 1.03. The molecular weight excluding hydrogens is 344 g/mol. The summed E-state index contributed by atoms with van der Waals surface area (Å²) in [5, 5.41) is 11.4. The lowest BCUT2D eigenvalue weighted by atomic mass is 9.55. The van der Waals surface area contributed by atoms with Gasteiger partial charge in [-0.1, -0.05) is 25.5 Å². The predicted octanol–water partition coefficient (Wildman–Crippen LogP) is 1.44. The van der Waals surface area contributed by atoms with Crippen LogP contribution < -0.4 is 0 Å². The molecule has 6 atom stereocenters. The van der Waals surface area contributed by atoms with Gasteiger partial charge in [0.05, 0.1) is 12.0 Å². The van der Waals surface area contributed by atoms with Gasteiger partial charge in [-0.05, 0) is 18.8 Å². The third-order valence-corrected chi connectivity index (χ3v) is 7.84. The Labute approximate surface area is 161 Å². The van der Waals surface area contributed by atoms with E-state index in [4.69, 9.17) is 4.74 Å². The van der Waals surface area contributed by atoms with Crippen molar-refractivity contribution < 1.29 is 19.4 Å². The number of amides is 1. The molecule has 4 aliphatic rings. The first-order chi connectivity index (χ1) is 12.8. The van der Waals surface area contributed by atoms with E-state index in [1.54, 1.807) is 6.92 Å². The zero-order chi connectivity index (χ0) is 19.3. The Balaban J connectivity index is 1.50. The maximum atomic E-state index is 12.7. The molecule has 3 fully saturated rings. The number of aliphatic hydroxyl groups excluding tert-OH is 1. The van der Waals surface area contributed by atoms with E-state index in [9.17, 15) is 14.7 Å². The molecule has 1 N–H and O–H groups in total. The van der Waals surface area contributed by atoms with Crippen molar-refractivity contribution in [3.8, 4) is 0 Å². The van der Waals surface area contributed by atoms with Crippen LogP contribution in [0.2, 0.25) is 0 Å². The highest BCUT2D eigenvalue weighted by Crippen LogP contribution is 2.56. The number of nitrogens with zero attached hydrogens (tertiary/aromatic N) is 2. The van der Waals surface area contributed by atoms with Gasteiger partial charge in [-0.25, -0.2) is 0 Å². The summed E-state index contributed by atoms with van der Waals surface area (Å²) in [4.78, 5) is 28.3. The molecule has 2 aliphatic heterocycles. The molecule has 27 heavy (non-hydrogen) atoms. The summed E-state index contributed by atoms with van der Waals surface area (Å²) >= 11 is 0. The van der Waals surface area contributed by atoms with Crippen LogP contribution in [0, 0.1) is 23.2 Å². The fourth-order valence-corrected chi connectivity index (χ4v) is 5.80. The van der Waals surface area contributed by atoms with Crippen molar-refractivity contribution in [1.29, 1.82) is 0 Å². The van der Waals surface area contributed by atoms with Crippen molar-refractivity contribution >= 4 is 11.9 Å². The van der Waals surface area contributed by atoms with Gasteiger partial charge in [-0.3, -0.25) is 14.5 Å². The topological polar surface area (TPSA) is 70.1 Å². The average Bonchev–Trinajstić information content (AvgIpc) is 2.94. The molecule has 2 heterocycles. The largest absolute Gasteiger partial charge is 0.461 e. The van der Waals surface area contributed by atoms with E-state index in [-0.39, 0.29) is 35.2 Å². The van der Waals surface area contributed by atoms with Crippen LogP contribution in [-0.4, -0.2) is 71.7 Å². The molecule has 6 nitrogen and oxygen atoms in total. The summed E-state index contributed by atoms with van der Waals surface area (Å²) in [6.07, 6.45) is 4.42. The Morgan fingerprint density at radius 2 is 2.04 bits per heavy atom. The van der Waals surface area contributed by atoms with Crippen LogP contribution in [0.4, 0.5) is 0 Å². The van der Waals surface area contributed by atoms with Crippen LogP contribution in [-0.2, 0) is 14.3 Å². The highest BCUT2D eigenvalue weighted by molar-refractivity contribution is 5.76. The van der Waals surface area contributed by atoms with E-state index in [0.29, 0.717) is 25.6 Å². The van der Waals surface area contributed by atoms with Crippen molar-refractivity contribution in [3.05, 3.63) is 11.6 Å². The molecule has 2 saturated heterocycles. The van der Waals surface area contributed by atoms with Gasteiger partial charge < -0.3 is 14.7 Å². The normalized spacial score (nSPS) is 42.2. The number of ether oxygens (including phenoxy) is 1. The lowest BCUT2D eigenvalue weighted by Crippen LogP contribution is -2.55.